The summed E-state index contributed by atoms with van der Waals surface area (Å²) in [6.45, 7) is 9.25. The minimum Gasteiger partial charge on any atom is -0.383 e. The molecule has 0 aromatic heterocycles. The third-order valence-corrected chi connectivity index (χ3v) is 4.07. The highest BCUT2D eigenvalue weighted by atomic mass is 35.5. The molecule has 0 heterocycles. The number of halogens is 1. The molecule has 0 amide bonds. The summed E-state index contributed by atoms with van der Waals surface area (Å²) in [5.41, 5.74) is 2.68. The van der Waals surface area contributed by atoms with Gasteiger partial charge in [-0.25, -0.2) is 0 Å². The average molecular weight is 284 g/mol. The quantitative estimate of drug-likeness (QED) is 0.732. The standard InChI is InChI=1S/C16H26ClNO/c1-5-16(3,12-18-8-9-19-4)11-14-7-6-13(2)10-15(14)17/h6-7,10,18H,5,8-9,11-12H2,1-4H3. The lowest BCUT2D eigenvalue weighted by molar-refractivity contribution is 0.191. The van der Waals surface area contributed by atoms with Crippen molar-refractivity contribution < 1.29 is 4.74 Å². The maximum Gasteiger partial charge on any atom is 0.0587 e. The Balaban J connectivity index is 2.63. The molecule has 2 nitrogen and oxygen atoms in total. The Morgan fingerprint density at radius 2 is 2.11 bits per heavy atom. The van der Waals surface area contributed by atoms with E-state index in [0.29, 0.717) is 0 Å². The predicted molar refractivity (Wildman–Crippen MR) is 83.0 cm³/mol. The van der Waals surface area contributed by atoms with E-state index in [9.17, 15) is 0 Å². The van der Waals surface area contributed by atoms with E-state index in [4.69, 9.17) is 16.3 Å². The molecule has 0 aliphatic carbocycles. The summed E-state index contributed by atoms with van der Waals surface area (Å²) >= 11 is 6.34. The lowest BCUT2D eigenvalue weighted by Crippen LogP contribution is -2.35. The normalized spacial score (nSPS) is 14.4. The van der Waals surface area contributed by atoms with Crippen LogP contribution in [0, 0.1) is 12.3 Å². The Hall–Kier alpha value is -0.570. The minimum atomic E-state index is 0.229. The number of aryl methyl sites for hydroxylation is 1. The number of nitrogens with one attached hydrogen (secondary N) is 1. The van der Waals surface area contributed by atoms with E-state index in [-0.39, 0.29) is 5.41 Å². The van der Waals surface area contributed by atoms with Gasteiger partial charge in [0.15, 0.2) is 0 Å². The van der Waals surface area contributed by atoms with Crippen LogP contribution >= 0.6 is 11.6 Å². The third kappa shape index (κ3) is 5.52. The van der Waals surface area contributed by atoms with Crippen LogP contribution in [0.4, 0.5) is 0 Å². The van der Waals surface area contributed by atoms with Crippen LogP contribution in [0.15, 0.2) is 18.2 Å². The van der Waals surface area contributed by atoms with Gasteiger partial charge in [0.1, 0.15) is 0 Å². The Labute approximate surface area is 122 Å². The smallest absolute Gasteiger partial charge is 0.0587 e. The van der Waals surface area contributed by atoms with Gasteiger partial charge in [-0.05, 0) is 42.4 Å². The zero-order valence-electron chi connectivity index (χ0n) is 12.6. The molecule has 1 atom stereocenters. The Morgan fingerprint density at radius 1 is 1.37 bits per heavy atom. The van der Waals surface area contributed by atoms with Crippen molar-refractivity contribution in [1.29, 1.82) is 0 Å². The van der Waals surface area contributed by atoms with E-state index in [2.05, 4.69) is 38.2 Å². The van der Waals surface area contributed by atoms with E-state index >= 15 is 0 Å². The highest BCUT2D eigenvalue weighted by Crippen LogP contribution is 2.29. The van der Waals surface area contributed by atoms with Crippen molar-refractivity contribution in [3.8, 4) is 0 Å². The van der Waals surface area contributed by atoms with Gasteiger partial charge in [-0.1, -0.05) is 37.6 Å². The second-order valence-electron chi connectivity index (χ2n) is 5.61. The molecule has 108 valence electrons. The Morgan fingerprint density at radius 3 is 2.68 bits per heavy atom. The second kappa shape index (κ2) is 7.88. The zero-order valence-corrected chi connectivity index (χ0v) is 13.3. The molecular weight excluding hydrogens is 258 g/mol. The predicted octanol–water partition coefficient (Wildman–Crippen LogP) is 3.84. The fourth-order valence-corrected chi connectivity index (χ4v) is 2.43. The van der Waals surface area contributed by atoms with Crippen LogP contribution in [-0.4, -0.2) is 26.8 Å². The minimum absolute atomic E-state index is 0.229. The fourth-order valence-electron chi connectivity index (χ4n) is 2.13. The summed E-state index contributed by atoms with van der Waals surface area (Å²) in [5.74, 6) is 0. The lowest BCUT2D eigenvalue weighted by atomic mass is 9.81. The highest BCUT2D eigenvalue weighted by Gasteiger charge is 2.23. The second-order valence-corrected chi connectivity index (χ2v) is 6.01. The summed E-state index contributed by atoms with van der Waals surface area (Å²) in [5, 5.41) is 4.35. The van der Waals surface area contributed by atoms with Crippen molar-refractivity contribution >= 4 is 11.6 Å². The molecular formula is C16H26ClNO. The van der Waals surface area contributed by atoms with Gasteiger partial charge in [0.25, 0.3) is 0 Å². The first kappa shape index (κ1) is 16.5. The van der Waals surface area contributed by atoms with Crippen molar-refractivity contribution in [2.45, 2.75) is 33.6 Å². The number of methoxy groups -OCH3 is 1. The lowest BCUT2D eigenvalue weighted by Gasteiger charge is -2.29. The van der Waals surface area contributed by atoms with Crippen molar-refractivity contribution in [3.63, 3.8) is 0 Å². The first-order valence-electron chi connectivity index (χ1n) is 6.95. The molecule has 3 heteroatoms. The van der Waals surface area contributed by atoms with E-state index in [1.54, 1.807) is 7.11 Å². The van der Waals surface area contributed by atoms with Crippen molar-refractivity contribution in [2.24, 2.45) is 5.41 Å². The Kier molecular flexibility index (Phi) is 6.84. The molecule has 0 aliphatic heterocycles. The van der Waals surface area contributed by atoms with Gasteiger partial charge in [0.05, 0.1) is 6.61 Å². The van der Waals surface area contributed by atoms with Crippen LogP contribution < -0.4 is 5.32 Å². The number of ether oxygens (including phenoxy) is 1. The summed E-state index contributed by atoms with van der Waals surface area (Å²) in [6.07, 6.45) is 2.12. The molecule has 1 N–H and O–H groups in total. The summed E-state index contributed by atoms with van der Waals surface area (Å²) < 4.78 is 5.06. The molecule has 0 radical (unpaired) electrons. The Bertz CT molecular complexity index is 394. The molecule has 0 saturated heterocycles. The van der Waals surface area contributed by atoms with Crippen LogP contribution in [0.3, 0.4) is 0 Å². The average Bonchev–Trinajstić information content (AvgIpc) is 2.38. The van der Waals surface area contributed by atoms with Crippen molar-refractivity contribution in [1.82, 2.24) is 5.32 Å². The largest absolute Gasteiger partial charge is 0.383 e. The molecule has 1 rings (SSSR count). The topological polar surface area (TPSA) is 21.3 Å². The van der Waals surface area contributed by atoms with Crippen LogP contribution in [0.2, 0.25) is 5.02 Å². The number of hydrogen-bond acceptors (Lipinski definition) is 2. The van der Waals surface area contributed by atoms with Gasteiger partial charge >= 0.3 is 0 Å². The zero-order chi connectivity index (χ0) is 14.3. The monoisotopic (exact) mass is 283 g/mol. The first-order valence-corrected chi connectivity index (χ1v) is 7.33. The van der Waals surface area contributed by atoms with Crippen LogP contribution in [0.1, 0.15) is 31.4 Å². The van der Waals surface area contributed by atoms with Gasteiger partial charge in [-0.3, -0.25) is 0 Å². The molecule has 1 aromatic carbocycles. The molecule has 1 unspecified atom stereocenters. The maximum absolute atomic E-state index is 6.34. The van der Waals surface area contributed by atoms with E-state index in [1.807, 2.05) is 6.07 Å². The highest BCUT2D eigenvalue weighted by molar-refractivity contribution is 6.31. The van der Waals surface area contributed by atoms with Crippen molar-refractivity contribution in [2.75, 3.05) is 26.8 Å². The third-order valence-electron chi connectivity index (χ3n) is 3.71. The molecule has 0 fully saturated rings. The van der Waals surface area contributed by atoms with Gasteiger partial charge in [0.2, 0.25) is 0 Å². The van der Waals surface area contributed by atoms with E-state index in [0.717, 1.165) is 37.6 Å². The molecule has 0 spiro atoms. The maximum atomic E-state index is 6.34. The number of hydrogen-bond donors (Lipinski definition) is 1. The summed E-state index contributed by atoms with van der Waals surface area (Å²) in [6, 6.07) is 6.34. The summed E-state index contributed by atoms with van der Waals surface area (Å²) in [7, 11) is 1.73. The van der Waals surface area contributed by atoms with Gasteiger partial charge in [0, 0.05) is 25.2 Å². The molecule has 0 aliphatic rings. The van der Waals surface area contributed by atoms with Crippen LogP contribution in [-0.2, 0) is 11.2 Å². The number of benzene rings is 1. The van der Waals surface area contributed by atoms with Gasteiger partial charge in [-0.15, -0.1) is 0 Å². The fraction of sp³-hybridized carbons (Fsp3) is 0.625. The van der Waals surface area contributed by atoms with Gasteiger partial charge < -0.3 is 10.1 Å². The van der Waals surface area contributed by atoms with E-state index < -0.39 is 0 Å². The number of rotatable bonds is 8. The van der Waals surface area contributed by atoms with Crippen molar-refractivity contribution in [3.05, 3.63) is 34.3 Å². The van der Waals surface area contributed by atoms with Gasteiger partial charge in [-0.2, -0.15) is 0 Å². The SMILES string of the molecule is CCC(C)(CNCCOC)Cc1ccc(C)cc1Cl. The van der Waals surface area contributed by atoms with Crippen LogP contribution in [0.5, 0.6) is 0 Å². The molecule has 0 saturated carbocycles. The summed E-state index contributed by atoms with van der Waals surface area (Å²) in [4.78, 5) is 0. The molecule has 1 aromatic rings. The van der Waals surface area contributed by atoms with E-state index in [1.165, 1.54) is 11.1 Å². The molecule has 19 heavy (non-hydrogen) atoms. The molecule has 0 bridgehead atoms. The first-order chi connectivity index (χ1) is 9.00. The van der Waals surface area contributed by atoms with Crippen LogP contribution in [0.25, 0.3) is 0 Å².